The number of aliphatic carboxylic acids is 1. The summed E-state index contributed by atoms with van der Waals surface area (Å²) < 4.78 is 12.7. The van der Waals surface area contributed by atoms with Crippen molar-refractivity contribution in [2.45, 2.75) is 145 Å². The number of rotatable bonds is 8. The van der Waals surface area contributed by atoms with Gasteiger partial charge in [0, 0.05) is 35.4 Å². The third-order valence-electron chi connectivity index (χ3n) is 16.9. The predicted molar refractivity (Wildman–Crippen MR) is 212 cm³/mol. The van der Waals surface area contributed by atoms with E-state index in [2.05, 4.69) is 48.5 Å². The summed E-state index contributed by atoms with van der Waals surface area (Å²) in [6, 6.07) is 7.68. The van der Waals surface area contributed by atoms with Crippen molar-refractivity contribution in [3.05, 3.63) is 46.0 Å². The van der Waals surface area contributed by atoms with E-state index in [0.717, 1.165) is 62.5 Å². The minimum absolute atomic E-state index is 0.0169. The molecule has 5 fully saturated rings. The van der Waals surface area contributed by atoms with Crippen LogP contribution in [0.4, 0.5) is 0 Å². The van der Waals surface area contributed by atoms with Gasteiger partial charge in [0.25, 0.3) is 0 Å². The highest BCUT2D eigenvalue weighted by atomic mass is 35.5. The SMILES string of the molecule is CC(C)C1=C2[C@H]3CC[C@@H]4[C@@]5(C)CC[C@H](OC(=O)CC(C)(C)C(=O)O)C(C)(C)[C@@H]5CC[C@@]4(C)[C@]3(C)CC[C@@]2([C@@H]2CN(Cc3ccc(Cl)cc3)C(=O)CO2)CC1=O. The normalized spacial score (nSPS) is 38.6. The van der Waals surface area contributed by atoms with Gasteiger partial charge in [0.05, 0.1) is 17.9 Å². The van der Waals surface area contributed by atoms with Crippen LogP contribution in [-0.4, -0.2) is 59.0 Å². The fourth-order valence-electron chi connectivity index (χ4n) is 13.8. The van der Waals surface area contributed by atoms with Crippen LogP contribution in [0.2, 0.25) is 5.02 Å². The standard InChI is InChI=1S/C46H64ClNO7/c1-27(2)38-31(49)22-46(35-25-48(36(50)26-54-35)24-28-10-12-29(47)13-11-28)21-20-44(8)30(39(38)46)14-15-33-43(7)18-17-34(55-37(51)23-41(3,4)40(52)53)42(5,6)32(43)16-19-45(33,44)9/h10-13,27,30,32-35H,14-26H2,1-9H3,(H,52,53)/t30-,32+,33-,34+,35+,43+,44-,45-,46+/m1/s1. The largest absolute Gasteiger partial charge is 0.481 e. The van der Waals surface area contributed by atoms with Crippen molar-refractivity contribution >= 4 is 35.2 Å². The van der Waals surface area contributed by atoms with Gasteiger partial charge in [-0.15, -0.1) is 0 Å². The van der Waals surface area contributed by atoms with Crippen LogP contribution in [0, 0.1) is 56.2 Å². The number of carboxylic acid groups (broad SMARTS) is 1. The Balaban J connectivity index is 1.17. The maximum Gasteiger partial charge on any atom is 0.309 e. The predicted octanol–water partition coefficient (Wildman–Crippen LogP) is 9.46. The zero-order valence-corrected chi connectivity index (χ0v) is 35.4. The van der Waals surface area contributed by atoms with E-state index in [1.807, 2.05) is 29.2 Å². The Morgan fingerprint density at radius 3 is 2.29 bits per heavy atom. The second-order valence-corrected chi connectivity index (χ2v) is 21.2. The number of morpholine rings is 1. The first-order chi connectivity index (χ1) is 25.6. The van der Waals surface area contributed by atoms with Crippen LogP contribution < -0.4 is 0 Å². The Morgan fingerprint density at radius 2 is 1.64 bits per heavy atom. The van der Waals surface area contributed by atoms with Crippen LogP contribution in [0.15, 0.2) is 35.4 Å². The van der Waals surface area contributed by atoms with E-state index < -0.39 is 22.8 Å². The molecule has 1 heterocycles. The molecular formula is C46H64ClNO7. The molecule has 0 bridgehead atoms. The van der Waals surface area contributed by atoms with Crippen LogP contribution >= 0.6 is 11.6 Å². The van der Waals surface area contributed by atoms with E-state index in [0.29, 0.717) is 36.4 Å². The number of allylic oxidation sites excluding steroid dienone is 1. The van der Waals surface area contributed by atoms with E-state index in [9.17, 15) is 24.3 Å². The third kappa shape index (κ3) is 6.24. The van der Waals surface area contributed by atoms with E-state index in [1.165, 1.54) is 5.57 Å². The lowest BCUT2D eigenvalue weighted by Crippen LogP contribution is -2.66. The molecule has 9 heteroatoms. The molecule has 6 aliphatic rings. The molecule has 0 radical (unpaired) electrons. The number of benzene rings is 1. The smallest absolute Gasteiger partial charge is 0.309 e. The average Bonchev–Trinajstić information content (AvgIpc) is 3.41. The van der Waals surface area contributed by atoms with Gasteiger partial charge >= 0.3 is 11.9 Å². The van der Waals surface area contributed by atoms with E-state index in [4.69, 9.17) is 21.1 Å². The molecule has 1 saturated heterocycles. The van der Waals surface area contributed by atoms with Crippen molar-refractivity contribution in [3.8, 4) is 0 Å². The monoisotopic (exact) mass is 777 g/mol. The molecule has 302 valence electrons. The number of carbonyl (C=O) groups excluding carboxylic acids is 3. The lowest BCUT2D eigenvalue weighted by Gasteiger charge is -2.72. The Hall–Kier alpha value is -2.71. The molecule has 1 N–H and O–H groups in total. The van der Waals surface area contributed by atoms with Crippen molar-refractivity contribution in [2.24, 2.45) is 56.2 Å². The summed E-state index contributed by atoms with van der Waals surface area (Å²) >= 11 is 6.17. The van der Waals surface area contributed by atoms with Crippen molar-refractivity contribution < 1.29 is 33.8 Å². The number of carbonyl (C=O) groups is 4. The second-order valence-electron chi connectivity index (χ2n) is 20.8. The molecule has 1 aromatic carbocycles. The van der Waals surface area contributed by atoms with E-state index >= 15 is 0 Å². The number of amides is 1. The van der Waals surface area contributed by atoms with Gasteiger partial charge in [0.2, 0.25) is 5.91 Å². The fraction of sp³-hybridized carbons (Fsp3) is 0.739. The fourth-order valence-corrected chi connectivity index (χ4v) is 13.9. The number of ether oxygens (including phenoxy) is 2. The summed E-state index contributed by atoms with van der Waals surface area (Å²) in [6.07, 6.45) is 7.71. The van der Waals surface area contributed by atoms with Crippen molar-refractivity contribution in [3.63, 3.8) is 0 Å². The molecule has 7 rings (SSSR count). The zero-order chi connectivity index (χ0) is 40.1. The van der Waals surface area contributed by atoms with Gasteiger partial charge < -0.3 is 19.5 Å². The van der Waals surface area contributed by atoms with Gasteiger partial charge in [-0.3, -0.25) is 19.2 Å². The summed E-state index contributed by atoms with van der Waals surface area (Å²) in [7, 11) is 0. The van der Waals surface area contributed by atoms with E-state index in [-0.39, 0.29) is 70.4 Å². The Kier molecular flexibility index (Phi) is 10.1. The van der Waals surface area contributed by atoms with Gasteiger partial charge in [-0.1, -0.05) is 77.8 Å². The molecule has 1 aliphatic heterocycles. The number of halogens is 1. The van der Waals surface area contributed by atoms with Crippen LogP contribution in [0.5, 0.6) is 0 Å². The number of hydrogen-bond acceptors (Lipinski definition) is 6. The molecular weight excluding hydrogens is 714 g/mol. The third-order valence-corrected chi connectivity index (χ3v) is 17.2. The minimum Gasteiger partial charge on any atom is -0.481 e. The molecule has 0 unspecified atom stereocenters. The molecule has 0 spiro atoms. The number of esters is 1. The number of hydrogen-bond donors (Lipinski definition) is 1. The quantitative estimate of drug-likeness (QED) is 0.262. The second kappa shape index (κ2) is 13.7. The van der Waals surface area contributed by atoms with Crippen LogP contribution in [-0.2, 0) is 35.2 Å². The number of fused-ring (bicyclic) bond motifs is 7. The first-order valence-electron chi connectivity index (χ1n) is 21.0. The molecule has 0 aromatic heterocycles. The first kappa shape index (κ1) is 40.5. The van der Waals surface area contributed by atoms with Gasteiger partial charge in [-0.2, -0.15) is 0 Å². The van der Waals surface area contributed by atoms with Crippen LogP contribution in [0.1, 0.15) is 132 Å². The number of Topliss-reactive ketones (excluding diaryl/α,β-unsaturated/α-hetero) is 1. The summed E-state index contributed by atoms with van der Waals surface area (Å²) in [5.41, 5.74) is 1.66. The Labute approximate surface area is 333 Å². The summed E-state index contributed by atoms with van der Waals surface area (Å²) in [4.78, 5) is 54.4. The molecule has 4 saturated carbocycles. The first-order valence-corrected chi connectivity index (χ1v) is 21.3. The highest BCUT2D eigenvalue weighted by Gasteiger charge is 2.71. The Morgan fingerprint density at radius 1 is 0.945 bits per heavy atom. The van der Waals surface area contributed by atoms with Crippen molar-refractivity contribution in [1.29, 1.82) is 0 Å². The molecule has 1 amide bonds. The zero-order valence-electron chi connectivity index (χ0n) is 34.7. The maximum absolute atomic E-state index is 14.3. The average molecular weight is 778 g/mol. The summed E-state index contributed by atoms with van der Waals surface area (Å²) in [5, 5.41) is 10.3. The van der Waals surface area contributed by atoms with Gasteiger partial charge in [-0.25, -0.2) is 0 Å². The topological polar surface area (TPSA) is 110 Å². The number of carboxylic acids is 1. The molecule has 8 nitrogen and oxygen atoms in total. The highest BCUT2D eigenvalue weighted by Crippen LogP contribution is 2.77. The lowest BCUT2D eigenvalue weighted by atomic mass is 9.33. The van der Waals surface area contributed by atoms with Crippen molar-refractivity contribution in [1.82, 2.24) is 4.90 Å². The van der Waals surface area contributed by atoms with Gasteiger partial charge in [0.1, 0.15) is 12.7 Å². The molecule has 9 atom stereocenters. The summed E-state index contributed by atoms with van der Waals surface area (Å²) in [5.74, 6) is 0.0480. The molecule has 5 aliphatic carbocycles. The van der Waals surface area contributed by atoms with Gasteiger partial charge in [-0.05, 0) is 128 Å². The van der Waals surface area contributed by atoms with Crippen molar-refractivity contribution in [2.75, 3.05) is 13.2 Å². The lowest BCUT2D eigenvalue weighted by molar-refractivity contribution is -0.236. The van der Waals surface area contributed by atoms with Crippen LogP contribution in [0.3, 0.4) is 0 Å². The molecule has 55 heavy (non-hydrogen) atoms. The van der Waals surface area contributed by atoms with Crippen LogP contribution in [0.25, 0.3) is 0 Å². The van der Waals surface area contributed by atoms with E-state index in [1.54, 1.807) is 13.8 Å². The molecule has 1 aromatic rings. The number of nitrogens with zero attached hydrogens (tertiary/aromatic N) is 1. The minimum atomic E-state index is -1.17. The highest BCUT2D eigenvalue weighted by molar-refractivity contribution is 6.30. The maximum atomic E-state index is 14.3. The van der Waals surface area contributed by atoms with Gasteiger partial charge in [0.15, 0.2) is 5.78 Å². The Bertz CT molecular complexity index is 1780. The number of ketones is 1. The summed E-state index contributed by atoms with van der Waals surface area (Å²) in [6.45, 7) is 20.7.